The van der Waals surface area contributed by atoms with Gasteiger partial charge < -0.3 is 5.73 Å². The van der Waals surface area contributed by atoms with Gasteiger partial charge in [0.2, 0.25) is 0 Å². The van der Waals surface area contributed by atoms with E-state index in [4.69, 9.17) is 5.73 Å². The SMILES string of the molecule is Cc1ccc(C(N)CN(C)CC(F)(F)F)c(C)c1. The second-order valence-corrected chi connectivity index (χ2v) is 4.78. The Bertz CT molecular complexity index is 402. The number of nitrogens with zero attached hydrogens (tertiary/aromatic N) is 1. The first kappa shape index (κ1) is 15.0. The molecule has 0 spiro atoms. The molecule has 102 valence electrons. The molecular formula is C13H19F3N2. The van der Waals surface area contributed by atoms with Gasteiger partial charge in [0.25, 0.3) is 0 Å². The quantitative estimate of drug-likeness (QED) is 0.902. The maximum absolute atomic E-state index is 12.2. The average molecular weight is 260 g/mol. The van der Waals surface area contributed by atoms with Gasteiger partial charge in [0.05, 0.1) is 6.54 Å². The molecular weight excluding hydrogens is 241 g/mol. The molecule has 2 N–H and O–H groups in total. The van der Waals surface area contributed by atoms with Crippen LogP contribution in [0.15, 0.2) is 18.2 Å². The molecule has 0 aliphatic heterocycles. The van der Waals surface area contributed by atoms with Crippen LogP contribution in [0.2, 0.25) is 0 Å². The molecule has 2 nitrogen and oxygen atoms in total. The predicted molar refractivity (Wildman–Crippen MR) is 66.4 cm³/mol. The van der Waals surface area contributed by atoms with Crippen LogP contribution in [0.25, 0.3) is 0 Å². The van der Waals surface area contributed by atoms with Crippen molar-refractivity contribution >= 4 is 0 Å². The fraction of sp³-hybridized carbons (Fsp3) is 0.538. The molecule has 18 heavy (non-hydrogen) atoms. The topological polar surface area (TPSA) is 29.3 Å². The summed E-state index contributed by atoms with van der Waals surface area (Å²) in [6, 6.07) is 5.39. The monoisotopic (exact) mass is 260 g/mol. The molecule has 0 amide bonds. The van der Waals surface area contributed by atoms with Gasteiger partial charge in [-0.2, -0.15) is 13.2 Å². The number of likely N-dealkylation sites (N-methyl/N-ethyl adjacent to an activating group) is 1. The Morgan fingerprint density at radius 1 is 1.28 bits per heavy atom. The van der Waals surface area contributed by atoms with Crippen molar-refractivity contribution in [3.05, 3.63) is 34.9 Å². The van der Waals surface area contributed by atoms with Crippen LogP contribution in [0.4, 0.5) is 13.2 Å². The molecule has 0 saturated carbocycles. The van der Waals surface area contributed by atoms with Crippen LogP contribution in [0, 0.1) is 13.8 Å². The van der Waals surface area contributed by atoms with E-state index in [0.29, 0.717) is 0 Å². The maximum atomic E-state index is 12.2. The first-order valence-electron chi connectivity index (χ1n) is 5.77. The standard InChI is InChI=1S/C13H19F3N2/c1-9-4-5-11(10(2)6-9)12(17)7-18(3)8-13(14,15)16/h4-6,12H,7-8,17H2,1-3H3. The normalized spacial score (nSPS) is 14.0. The number of aryl methyl sites for hydroxylation is 2. The van der Waals surface area contributed by atoms with E-state index in [1.807, 2.05) is 32.0 Å². The Morgan fingerprint density at radius 3 is 2.39 bits per heavy atom. The van der Waals surface area contributed by atoms with Gasteiger partial charge in [0.15, 0.2) is 0 Å². The number of rotatable bonds is 4. The average Bonchev–Trinajstić information content (AvgIpc) is 2.13. The van der Waals surface area contributed by atoms with E-state index in [2.05, 4.69) is 0 Å². The Labute approximate surface area is 106 Å². The van der Waals surface area contributed by atoms with Crippen molar-refractivity contribution in [3.63, 3.8) is 0 Å². The third-order valence-electron chi connectivity index (χ3n) is 2.78. The lowest BCUT2D eigenvalue weighted by Crippen LogP contribution is -2.36. The van der Waals surface area contributed by atoms with Gasteiger partial charge in [0, 0.05) is 12.6 Å². The molecule has 1 atom stereocenters. The summed E-state index contributed by atoms with van der Waals surface area (Å²) < 4.78 is 36.6. The number of halogens is 3. The highest BCUT2D eigenvalue weighted by Crippen LogP contribution is 2.20. The predicted octanol–water partition coefficient (Wildman–Crippen LogP) is 2.80. The second-order valence-electron chi connectivity index (χ2n) is 4.78. The third kappa shape index (κ3) is 4.66. The van der Waals surface area contributed by atoms with Gasteiger partial charge in [-0.05, 0) is 32.0 Å². The summed E-state index contributed by atoms with van der Waals surface area (Å²) in [5.74, 6) is 0. The summed E-state index contributed by atoms with van der Waals surface area (Å²) in [6.45, 7) is 3.14. The lowest BCUT2D eigenvalue weighted by atomic mass is 9.99. The highest BCUT2D eigenvalue weighted by Gasteiger charge is 2.29. The minimum absolute atomic E-state index is 0.184. The summed E-state index contributed by atoms with van der Waals surface area (Å²) in [7, 11) is 1.43. The molecule has 1 aromatic rings. The third-order valence-corrected chi connectivity index (χ3v) is 2.78. The summed E-state index contributed by atoms with van der Waals surface area (Å²) >= 11 is 0. The first-order valence-corrected chi connectivity index (χ1v) is 5.77. The highest BCUT2D eigenvalue weighted by atomic mass is 19.4. The molecule has 0 fully saturated rings. The van der Waals surface area contributed by atoms with Gasteiger partial charge in [-0.1, -0.05) is 23.8 Å². The Kier molecular flexibility index (Phi) is 4.76. The van der Waals surface area contributed by atoms with E-state index in [0.717, 1.165) is 16.7 Å². The maximum Gasteiger partial charge on any atom is 0.401 e. The molecule has 1 aromatic carbocycles. The van der Waals surface area contributed by atoms with Crippen LogP contribution < -0.4 is 5.73 Å². The van der Waals surface area contributed by atoms with E-state index < -0.39 is 18.8 Å². The van der Waals surface area contributed by atoms with Gasteiger partial charge in [0.1, 0.15) is 0 Å². The van der Waals surface area contributed by atoms with Crippen molar-refractivity contribution in [2.24, 2.45) is 5.73 Å². The lowest BCUT2D eigenvalue weighted by Gasteiger charge is -2.23. The van der Waals surface area contributed by atoms with Crippen molar-refractivity contribution in [3.8, 4) is 0 Å². The van der Waals surface area contributed by atoms with E-state index in [9.17, 15) is 13.2 Å². The van der Waals surface area contributed by atoms with Crippen LogP contribution in [-0.4, -0.2) is 31.2 Å². The lowest BCUT2D eigenvalue weighted by molar-refractivity contribution is -0.143. The largest absolute Gasteiger partial charge is 0.401 e. The zero-order valence-electron chi connectivity index (χ0n) is 10.9. The van der Waals surface area contributed by atoms with Crippen molar-refractivity contribution in [1.82, 2.24) is 4.90 Å². The molecule has 0 bridgehead atoms. The Balaban J connectivity index is 2.67. The fourth-order valence-electron chi connectivity index (χ4n) is 2.05. The molecule has 0 heterocycles. The zero-order chi connectivity index (χ0) is 13.9. The smallest absolute Gasteiger partial charge is 0.323 e. The Morgan fingerprint density at radius 2 is 1.89 bits per heavy atom. The van der Waals surface area contributed by atoms with E-state index in [1.165, 1.54) is 11.9 Å². The number of nitrogens with two attached hydrogens (primary N) is 1. The first-order chi connectivity index (χ1) is 8.19. The van der Waals surface area contributed by atoms with Crippen LogP contribution in [0.1, 0.15) is 22.7 Å². The summed E-state index contributed by atoms with van der Waals surface area (Å²) in [5.41, 5.74) is 8.99. The number of alkyl halides is 3. The van der Waals surface area contributed by atoms with Gasteiger partial charge in [-0.25, -0.2) is 0 Å². The van der Waals surface area contributed by atoms with Gasteiger partial charge in [-0.15, -0.1) is 0 Å². The van der Waals surface area contributed by atoms with Crippen molar-refractivity contribution < 1.29 is 13.2 Å². The molecule has 0 aromatic heterocycles. The molecule has 0 saturated heterocycles. The summed E-state index contributed by atoms with van der Waals surface area (Å²) in [4.78, 5) is 1.20. The Hall–Kier alpha value is -1.07. The summed E-state index contributed by atoms with van der Waals surface area (Å²) in [5, 5.41) is 0. The van der Waals surface area contributed by atoms with E-state index in [1.54, 1.807) is 0 Å². The fourth-order valence-corrected chi connectivity index (χ4v) is 2.05. The number of hydrogen-bond donors (Lipinski definition) is 1. The van der Waals surface area contributed by atoms with Gasteiger partial charge in [-0.3, -0.25) is 4.90 Å². The number of hydrogen-bond acceptors (Lipinski definition) is 2. The van der Waals surface area contributed by atoms with Crippen LogP contribution in [0.5, 0.6) is 0 Å². The zero-order valence-corrected chi connectivity index (χ0v) is 10.9. The molecule has 1 unspecified atom stereocenters. The van der Waals surface area contributed by atoms with Gasteiger partial charge >= 0.3 is 6.18 Å². The minimum Gasteiger partial charge on any atom is -0.323 e. The van der Waals surface area contributed by atoms with Crippen LogP contribution >= 0.6 is 0 Å². The molecule has 0 radical (unpaired) electrons. The van der Waals surface area contributed by atoms with Crippen LogP contribution in [0.3, 0.4) is 0 Å². The molecule has 5 heteroatoms. The van der Waals surface area contributed by atoms with E-state index >= 15 is 0 Å². The van der Waals surface area contributed by atoms with Crippen molar-refractivity contribution in [2.45, 2.75) is 26.1 Å². The van der Waals surface area contributed by atoms with Crippen LogP contribution in [-0.2, 0) is 0 Å². The molecule has 0 aliphatic carbocycles. The number of benzene rings is 1. The van der Waals surface area contributed by atoms with Crippen molar-refractivity contribution in [2.75, 3.05) is 20.1 Å². The van der Waals surface area contributed by atoms with Crippen molar-refractivity contribution in [1.29, 1.82) is 0 Å². The molecule has 1 rings (SSSR count). The summed E-state index contributed by atoms with van der Waals surface area (Å²) in [6.07, 6.45) is -4.18. The molecule has 0 aliphatic rings. The minimum atomic E-state index is -4.18. The van der Waals surface area contributed by atoms with E-state index in [-0.39, 0.29) is 6.54 Å². The highest BCUT2D eigenvalue weighted by molar-refractivity contribution is 5.32. The second kappa shape index (κ2) is 5.71.